The molecule has 94 valence electrons. The van der Waals surface area contributed by atoms with Gasteiger partial charge in [-0.25, -0.2) is 0 Å². The monoisotopic (exact) mass is 314 g/mol. The van der Waals surface area contributed by atoms with Gasteiger partial charge in [-0.05, 0) is 60.1 Å². The van der Waals surface area contributed by atoms with Crippen LogP contribution < -0.4 is 5.32 Å². The summed E-state index contributed by atoms with van der Waals surface area (Å²) in [6.45, 7) is 4.90. The van der Waals surface area contributed by atoms with E-state index >= 15 is 0 Å². The SMILES string of the molecule is CC(NC1CCN2CCCC12)c1sccc1Br. The molecule has 2 saturated heterocycles. The molecule has 17 heavy (non-hydrogen) atoms. The molecule has 3 heterocycles. The van der Waals surface area contributed by atoms with E-state index in [-0.39, 0.29) is 0 Å². The molecule has 0 aliphatic carbocycles. The molecular weight excluding hydrogens is 296 g/mol. The van der Waals surface area contributed by atoms with E-state index in [2.05, 4.69) is 44.5 Å². The molecular formula is C13H19BrN2S. The van der Waals surface area contributed by atoms with Crippen LogP contribution in [0.5, 0.6) is 0 Å². The molecule has 1 aromatic rings. The smallest absolute Gasteiger partial charge is 0.0400 e. The van der Waals surface area contributed by atoms with Crippen molar-refractivity contribution >= 4 is 27.3 Å². The summed E-state index contributed by atoms with van der Waals surface area (Å²) < 4.78 is 1.25. The van der Waals surface area contributed by atoms with Crippen LogP contribution in [-0.4, -0.2) is 30.1 Å². The van der Waals surface area contributed by atoms with Crippen LogP contribution in [-0.2, 0) is 0 Å². The van der Waals surface area contributed by atoms with Crippen molar-refractivity contribution in [1.82, 2.24) is 10.2 Å². The van der Waals surface area contributed by atoms with Crippen LogP contribution in [0.15, 0.2) is 15.9 Å². The van der Waals surface area contributed by atoms with Crippen molar-refractivity contribution in [2.75, 3.05) is 13.1 Å². The van der Waals surface area contributed by atoms with Crippen molar-refractivity contribution in [2.24, 2.45) is 0 Å². The van der Waals surface area contributed by atoms with E-state index in [1.807, 2.05) is 11.3 Å². The number of nitrogens with one attached hydrogen (secondary N) is 1. The zero-order valence-electron chi connectivity index (χ0n) is 10.2. The van der Waals surface area contributed by atoms with Gasteiger partial charge >= 0.3 is 0 Å². The number of nitrogens with zero attached hydrogens (tertiary/aromatic N) is 1. The number of thiophene rings is 1. The Labute approximate surface area is 116 Å². The summed E-state index contributed by atoms with van der Waals surface area (Å²) in [5.41, 5.74) is 0. The van der Waals surface area contributed by atoms with E-state index in [4.69, 9.17) is 0 Å². The molecule has 4 heteroatoms. The van der Waals surface area contributed by atoms with Gasteiger partial charge in [-0.1, -0.05) is 0 Å². The molecule has 2 aliphatic rings. The molecule has 2 fully saturated rings. The highest BCUT2D eigenvalue weighted by Crippen LogP contribution is 2.32. The number of hydrogen-bond acceptors (Lipinski definition) is 3. The molecule has 0 aromatic carbocycles. The summed E-state index contributed by atoms with van der Waals surface area (Å²) in [5, 5.41) is 5.99. The van der Waals surface area contributed by atoms with Gasteiger partial charge in [0.05, 0.1) is 0 Å². The molecule has 2 nitrogen and oxygen atoms in total. The molecule has 0 bridgehead atoms. The average molecular weight is 315 g/mol. The van der Waals surface area contributed by atoms with Crippen molar-refractivity contribution in [1.29, 1.82) is 0 Å². The summed E-state index contributed by atoms with van der Waals surface area (Å²) in [6.07, 6.45) is 4.09. The van der Waals surface area contributed by atoms with Crippen molar-refractivity contribution < 1.29 is 0 Å². The van der Waals surface area contributed by atoms with Gasteiger partial charge in [-0.3, -0.25) is 4.90 Å². The molecule has 1 N–H and O–H groups in total. The van der Waals surface area contributed by atoms with E-state index in [9.17, 15) is 0 Å². The van der Waals surface area contributed by atoms with Crippen molar-refractivity contribution in [2.45, 2.75) is 44.3 Å². The van der Waals surface area contributed by atoms with Gasteiger partial charge < -0.3 is 5.32 Å². The van der Waals surface area contributed by atoms with Crippen LogP contribution in [0.1, 0.15) is 37.1 Å². The second-order valence-electron chi connectivity index (χ2n) is 5.16. The van der Waals surface area contributed by atoms with E-state index in [0.717, 1.165) is 6.04 Å². The highest BCUT2D eigenvalue weighted by atomic mass is 79.9. The Morgan fingerprint density at radius 1 is 1.47 bits per heavy atom. The Morgan fingerprint density at radius 3 is 3.12 bits per heavy atom. The van der Waals surface area contributed by atoms with Gasteiger partial charge in [0.25, 0.3) is 0 Å². The highest BCUT2D eigenvalue weighted by molar-refractivity contribution is 9.10. The van der Waals surface area contributed by atoms with Crippen LogP contribution in [0.25, 0.3) is 0 Å². The molecule has 3 rings (SSSR count). The number of halogens is 1. The van der Waals surface area contributed by atoms with Gasteiger partial charge in [0.1, 0.15) is 0 Å². The summed E-state index contributed by atoms with van der Waals surface area (Å²) in [6, 6.07) is 4.11. The van der Waals surface area contributed by atoms with Gasteiger partial charge in [0.2, 0.25) is 0 Å². The average Bonchev–Trinajstić information content (AvgIpc) is 2.96. The predicted molar refractivity (Wildman–Crippen MR) is 76.6 cm³/mol. The fourth-order valence-corrected chi connectivity index (χ4v) is 5.02. The number of hydrogen-bond donors (Lipinski definition) is 1. The maximum absolute atomic E-state index is 3.83. The molecule has 3 atom stereocenters. The lowest BCUT2D eigenvalue weighted by atomic mass is 10.1. The van der Waals surface area contributed by atoms with Crippen LogP contribution in [0, 0.1) is 0 Å². The number of rotatable bonds is 3. The number of fused-ring (bicyclic) bond motifs is 1. The molecule has 0 spiro atoms. The second-order valence-corrected chi connectivity index (χ2v) is 6.96. The van der Waals surface area contributed by atoms with Crippen molar-refractivity contribution in [3.8, 4) is 0 Å². The fourth-order valence-electron chi connectivity index (χ4n) is 3.29. The first-order valence-corrected chi connectivity index (χ1v) is 8.16. The van der Waals surface area contributed by atoms with Gasteiger partial charge in [-0.15, -0.1) is 11.3 Å². The van der Waals surface area contributed by atoms with E-state index in [1.165, 1.54) is 41.7 Å². The quantitative estimate of drug-likeness (QED) is 0.920. The third-order valence-corrected chi connectivity index (χ3v) is 6.16. The zero-order valence-corrected chi connectivity index (χ0v) is 12.6. The molecule has 0 amide bonds. The third kappa shape index (κ3) is 2.33. The first kappa shape index (κ1) is 12.2. The Morgan fingerprint density at radius 2 is 2.35 bits per heavy atom. The predicted octanol–water partition coefficient (Wildman–Crippen LogP) is 3.40. The minimum atomic E-state index is 0.468. The minimum absolute atomic E-state index is 0.468. The third-order valence-electron chi connectivity index (χ3n) is 4.11. The molecule has 0 radical (unpaired) electrons. The fraction of sp³-hybridized carbons (Fsp3) is 0.692. The van der Waals surface area contributed by atoms with Crippen molar-refractivity contribution in [3.63, 3.8) is 0 Å². The van der Waals surface area contributed by atoms with Crippen LogP contribution in [0.2, 0.25) is 0 Å². The maximum atomic E-state index is 3.83. The first-order valence-electron chi connectivity index (χ1n) is 6.48. The maximum Gasteiger partial charge on any atom is 0.0400 e. The zero-order chi connectivity index (χ0) is 11.8. The topological polar surface area (TPSA) is 15.3 Å². The van der Waals surface area contributed by atoms with Gasteiger partial charge in [-0.2, -0.15) is 0 Å². The second kappa shape index (κ2) is 5.00. The summed E-state index contributed by atoms with van der Waals surface area (Å²) >= 11 is 5.48. The van der Waals surface area contributed by atoms with Crippen LogP contribution in [0.3, 0.4) is 0 Å². The lowest BCUT2D eigenvalue weighted by Crippen LogP contribution is -2.40. The van der Waals surface area contributed by atoms with E-state index in [1.54, 1.807) is 0 Å². The highest BCUT2D eigenvalue weighted by Gasteiger charge is 2.37. The van der Waals surface area contributed by atoms with Gasteiger partial charge in [0.15, 0.2) is 0 Å². The standard InChI is InChI=1S/C13H19BrN2S/c1-9(13-10(14)5-8-17-13)15-11-4-7-16-6-2-3-12(11)16/h5,8-9,11-12,15H,2-4,6-7H2,1H3. The van der Waals surface area contributed by atoms with Crippen LogP contribution >= 0.6 is 27.3 Å². The largest absolute Gasteiger partial charge is 0.305 e. The van der Waals surface area contributed by atoms with Crippen molar-refractivity contribution in [3.05, 3.63) is 20.8 Å². The Bertz CT molecular complexity index is 393. The summed E-state index contributed by atoms with van der Waals surface area (Å²) in [4.78, 5) is 4.09. The Kier molecular flexibility index (Phi) is 3.57. The molecule has 0 saturated carbocycles. The van der Waals surface area contributed by atoms with E-state index in [0.29, 0.717) is 12.1 Å². The lowest BCUT2D eigenvalue weighted by Gasteiger charge is -2.24. The van der Waals surface area contributed by atoms with Crippen LogP contribution in [0.4, 0.5) is 0 Å². The minimum Gasteiger partial charge on any atom is -0.305 e. The van der Waals surface area contributed by atoms with Gasteiger partial charge in [0, 0.05) is 34.0 Å². The first-order chi connectivity index (χ1) is 8.25. The Hall–Kier alpha value is 0.100. The Balaban J connectivity index is 1.65. The van der Waals surface area contributed by atoms with E-state index < -0.39 is 0 Å². The summed E-state index contributed by atoms with van der Waals surface area (Å²) in [7, 11) is 0. The molecule has 3 unspecified atom stereocenters. The molecule has 2 aliphatic heterocycles. The molecule has 1 aromatic heterocycles. The summed E-state index contributed by atoms with van der Waals surface area (Å²) in [5.74, 6) is 0. The normalized spacial score (nSPS) is 30.7. The lowest BCUT2D eigenvalue weighted by molar-refractivity contribution is 0.291.